The number of fused-ring (bicyclic) bond motifs is 5. The van der Waals surface area contributed by atoms with Crippen LogP contribution >= 0.6 is 0 Å². The molecule has 13 atom stereocenters. The van der Waals surface area contributed by atoms with Gasteiger partial charge in [0.2, 0.25) is 0 Å². The van der Waals surface area contributed by atoms with Gasteiger partial charge in [0.1, 0.15) is 0 Å². The highest BCUT2D eigenvalue weighted by Crippen LogP contribution is 2.68. The van der Waals surface area contributed by atoms with Gasteiger partial charge in [-0.2, -0.15) is 0 Å². The van der Waals surface area contributed by atoms with E-state index in [1.807, 2.05) is 0 Å². The van der Waals surface area contributed by atoms with Crippen LogP contribution in [0.4, 0.5) is 0 Å². The van der Waals surface area contributed by atoms with E-state index in [9.17, 15) is 20.4 Å². The molecule has 4 N–H and O–H groups in total. The molecule has 0 bridgehead atoms. The quantitative estimate of drug-likeness (QED) is 0.470. The minimum absolute atomic E-state index is 0.0854. The monoisotopic (exact) mass is 448 g/mol. The van der Waals surface area contributed by atoms with Gasteiger partial charge in [-0.3, -0.25) is 0 Å². The highest BCUT2D eigenvalue weighted by molar-refractivity contribution is 5.14. The molecule has 4 saturated carbocycles. The average molecular weight is 449 g/mol. The fourth-order valence-electron chi connectivity index (χ4n) is 9.05. The van der Waals surface area contributed by atoms with Gasteiger partial charge in [-0.25, -0.2) is 0 Å². The first kappa shape index (κ1) is 24.7. The van der Waals surface area contributed by atoms with Crippen molar-refractivity contribution >= 4 is 0 Å². The second-order valence-electron chi connectivity index (χ2n) is 12.9. The van der Waals surface area contributed by atoms with Crippen LogP contribution in [-0.2, 0) is 0 Å². The number of hydrogen-bond donors (Lipinski definition) is 4. The summed E-state index contributed by atoms with van der Waals surface area (Å²) in [6.07, 6.45) is 10.3. The van der Waals surface area contributed by atoms with Crippen LogP contribution in [0, 0.1) is 58.2 Å². The number of aliphatic hydroxyl groups excluding tert-OH is 4. The van der Waals surface area contributed by atoms with Gasteiger partial charge >= 0.3 is 0 Å². The number of rotatable bonds is 5. The van der Waals surface area contributed by atoms with Crippen molar-refractivity contribution in [2.45, 2.75) is 97.9 Å². The van der Waals surface area contributed by atoms with Gasteiger partial charge in [-0.15, -0.1) is 0 Å². The summed E-state index contributed by atoms with van der Waals surface area (Å²) in [5, 5.41) is 42.3. The molecule has 0 aliphatic heterocycles. The molecular weight excluding hydrogens is 400 g/mol. The lowest BCUT2D eigenvalue weighted by atomic mass is 9.43. The zero-order valence-corrected chi connectivity index (χ0v) is 21.0. The van der Waals surface area contributed by atoms with Crippen molar-refractivity contribution in [3.63, 3.8) is 0 Å². The van der Waals surface area contributed by atoms with Crippen molar-refractivity contribution < 1.29 is 20.4 Å². The lowest BCUT2D eigenvalue weighted by molar-refractivity contribution is -0.180. The van der Waals surface area contributed by atoms with Crippen LogP contribution in [0.1, 0.15) is 79.6 Å². The third kappa shape index (κ3) is 3.91. The maximum Gasteiger partial charge on any atom is 0.0579 e. The topological polar surface area (TPSA) is 80.9 Å². The molecule has 0 radical (unpaired) electrons. The average Bonchev–Trinajstić information content (AvgIpc) is 3.03. The molecule has 0 aromatic heterocycles. The maximum atomic E-state index is 11.4. The van der Waals surface area contributed by atoms with Gasteiger partial charge in [0.15, 0.2) is 0 Å². The maximum absolute atomic E-state index is 11.4. The molecule has 0 spiro atoms. The largest absolute Gasteiger partial charge is 0.396 e. The van der Waals surface area contributed by atoms with Crippen LogP contribution in [0.15, 0.2) is 12.2 Å². The number of aliphatic hydroxyl groups is 4. The zero-order chi connectivity index (χ0) is 23.4. The van der Waals surface area contributed by atoms with E-state index in [2.05, 4.69) is 46.8 Å². The molecule has 4 aliphatic rings. The van der Waals surface area contributed by atoms with E-state index in [0.29, 0.717) is 29.6 Å². The molecule has 4 rings (SSSR count). The van der Waals surface area contributed by atoms with E-state index < -0.39 is 0 Å². The van der Waals surface area contributed by atoms with Crippen LogP contribution in [0.3, 0.4) is 0 Å². The van der Waals surface area contributed by atoms with Crippen LogP contribution < -0.4 is 0 Å². The first-order chi connectivity index (χ1) is 15.0. The molecular formula is C28H48O4. The standard InChI is InChI=1S/C28H48O4/c1-16(18(3)15-29)6-7-17(2)22-14-25(32)26-20-13-24(31)23-12-19(30)8-10-27(23,4)21(20)9-11-28(22,26)5/h6-7,16-26,29-32H,8-15H2,1-5H3/b7-6+/t16-,17-,18-,19+,20-,21+,22-,23-,24-,25+,26-,27-,28-/m1/s1. The molecule has 32 heavy (non-hydrogen) atoms. The first-order valence-corrected chi connectivity index (χ1v) is 13.4. The third-order valence-corrected chi connectivity index (χ3v) is 11.2. The lowest BCUT2D eigenvalue weighted by Gasteiger charge is -2.62. The Morgan fingerprint density at radius 2 is 1.53 bits per heavy atom. The molecule has 4 aliphatic carbocycles. The van der Waals surface area contributed by atoms with Gasteiger partial charge in [0.25, 0.3) is 0 Å². The van der Waals surface area contributed by atoms with Crippen LogP contribution in [0.5, 0.6) is 0 Å². The van der Waals surface area contributed by atoms with Crippen molar-refractivity contribution in [2.75, 3.05) is 6.61 Å². The minimum Gasteiger partial charge on any atom is -0.396 e. The van der Waals surface area contributed by atoms with Crippen LogP contribution in [-0.4, -0.2) is 45.3 Å². The molecule has 4 heteroatoms. The Labute approximate surface area is 195 Å². The summed E-state index contributed by atoms with van der Waals surface area (Å²) < 4.78 is 0. The van der Waals surface area contributed by atoms with Crippen LogP contribution in [0.2, 0.25) is 0 Å². The summed E-state index contributed by atoms with van der Waals surface area (Å²) in [7, 11) is 0. The predicted molar refractivity (Wildman–Crippen MR) is 128 cm³/mol. The highest BCUT2D eigenvalue weighted by Gasteiger charge is 2.64. The van der Waals surface area contributed by atoms with Gasteiger partial charge in [0, 0.05) is 6.61 Å². The number of allylic oxidation sites excluding steroid dienone is 2. The normalized spacial score (nSPS) is 51.5. The van der Waals surface area contributed by atoms with E-state index in [1.165, 1.54) is 6.42 Å². The van der Waals surface area contributed by atoms with E-state index in [1.54, 1.807) is 0 Å². The van der Waals surface area contributed by atoms with Crippen molar-refractivity contribution in [1.29, 1.82) is 0 Å². The SMILES string of the molecule is C[C@H](/C=C/[C@@H](C)[C@H]1C[C@H](O)[C@H]2[C@@H]3C[C@@H](O)[C@H]4C[C@@H](O)CC[C@]4(C)[C@H]3CC[C@@]21C)[C@H](C)CO. The highest BCUT2D eigenvalue weighted by atomic mass is 16.3. The molecule has 0 unspecified atom stereocenters. The molecule has 0 saturated heterocycles. The Bertz CT molecular complexity index is 693. The third-order valence-electron chi connectivity index (χ3n) is 11.2. The second kappa shape index (κ2) is 8.98. The minimum atomic E-state index is -0.358. The molecule has 4 nitrogen and oxygen atoms in total. The van der Waals surface area contributed by atoms with E-state index in [-0.39, 0.29) is 53.5 Å². The van der Waals surface area contributed by atoms with Gasteiger partial charge < -0.3 is 20.4 Å². The molecule has 0 heterocycles. The fraction of sp³-hybridized carbons (Fsp3) is 0.929. The van der Waals surface area contributed by atoms with E-state index in [0.717, 1.165) is 38.5 Å². The smallest absolute Gasteiger partial charge is 0.0579 e. The van der Waals surface area contributed by atoms with Crippen molar-refractivity contribution in [3.8, 4) is 0 Å². The van der Waals surface area contributed by atoms with Crippen molar-refractivity contribution in [1.82, 2.24) is 0 Å². The van der Waals surface area contributed by atoms with Gasteiger partial charge in [0.05, 0.1) is 18.3 Å². The predicted octanol–water partition coefficient (Wildman–Crippen LogP) is 4.40. The Balaban J connectivity index is 1.56. The summed E-state index contributed by atoms with van der Waals surface area (Å²) in [4.78, 5) is 0. The first-order valence-electron chi connectivity index (χ1n) is 13.4. The summed E-state index contributed by atoms with van der Waals surface area (Å²) in [6, 6.07) is 0. The van der Waals surface area contributed by atoms with Crippen molar-refractivity contribution in [2.24, 2.45) is 58.2 Å². The zero-order valence-electron chi connectivity index (χ0n) is 21.0. The molecule has 184 valence electrons. The number of hydrogen-bond acceptors (Lipinski definition) is 4. The molecule has 0 aromatic carbocycles. The Hall–Kier alpha value is -0.420. The van der Waals surface area contributed by atoms with Gasteiger partial charge in [-0.1, -0.05) is 46.8 Å². The summed E-state index contributed by atoms with van der Waals surface area (Å²) in [5.74, 6) is 2.84. The van der Waals surface area contributed by atoms with Crippen molar-refractivity contribution in [3.05, 3.63) is 12.2 Å². The van der Waals surface area contributed by atoms with E-state index >= 15 is 0 Å². The van der Waals surface area contributed by atoms with E-state index in [4.69, 9.17) is 0 Å². The van der Waals surface area contributed by atoms with Gasteiger partial charge in [-0.05, 0) is 103 Å². The summed E-state index contributed by atoms with van der Waals surface area (Å²) in [6.45, 7) is 11.6. The Morgan fingerprint density at radius 3 is 2.22 bits per heavy atom. The molecule has 0 amide bonds. The fourth-order valence-corrected chi connectivity index (χ4v) is 9.05. The summed E-state index contributed by atoms with van der Waals surface area (Å²) >= 11 is 0. The molecule has 4 fully saturated rings. The summed E-state index contributed by atoms with van der Waals surface area (Å²) in [5.41, 5.74) is 0.190. The van der Waals surface area contributed by atoms with Crippen LogP contribution in [0.25, 0.3) is 0 Å². The second-order valence-corrected chi connectivity index (χ2v) is 12.9. The Morgan fingerprint density at radius 1 is 0.844 bits per heavy atom. The lowest BCUT2D eigenvalue weighted by Crippen LogP contribution is -2.59. The molecule has 0 aromatic rings. The Kier molecular flexibility index (Phi) is 6.93.